The lowest BCUT2D eigenvalue weighted by Gasteiger charge is -2.12. The fraction of sp³-hybridized carbons (Fsp3) is 0.533. The third kappa shape index (κ3) is 2.75. The number of guanidine groups is 1. The Labute approximate surface area is 123 Å². The summed E-state index contributed by atoms with van der Waals surface area (Å²) in [5.74, 6) is 1.44. The molecule has 3 nitrogen and oxygen atoms in total. The minimum atomic E-state index is -0.217. The Morgan fingerprint density at radius 1 is 1.30 bits per heavy atom. The number of halogens is 2. The summed E-state index contributed by atoms with van der Waals surface area (Å²) in [5, 5.41) is 7.24. The molecule has 0 bridgehead atoms. The monoisotopic (exact) mass is 295 g/mol. The van der Waals surface area contributed by atoms with Crippen molar-refractivity contribution in [2.45, 2.75) is 37.8 Å². The highest BCUT2D eigenvalue weighted by Gasteiger charge is 2.42. The Bertz CT molecular complexity index is 526. The SMILES string of the molecule is CN=C(NC1CC1C)NC1CC1c1c(F)cccc1Cl. The third-order valence-electron chi connectivity index (χ3n) is 4.14. The van der Waals surface area contributed by atoms with Crippen molar-refractivity contribution < 1.29 is 4.39 Å². The maximum absolute atomic E-state index is 13.8. The van der Waals surface area contributed by atoms with Gasteiger partial charge in [-0.1, -0.05) is 24.6 Å². The number of nitrogens with one attached hydrogen (secondary N) is 2. The number of aliphatic imine (C=N–C) groups is 1. The molecule has 2 N–H and O–H groups in total. The van der Waals surface area contributed by atoms with Crippen LogP contribution in [0.25, 0.3) is 0 Å². The fourth-order valence-corrected chi connectivity index (χ4v) is 2.89. The first-order chi connectivity index (χ1) is 9.60. The van der Waals surface area contributed by atoms with Crippen LogP contribution in [0.3, 0.4) is 0 Å². The van der Waals surface area contributed by atoms with Gasteiger partial charge in [0.15, 0.2) is 5.96 Å². The van der Waals surface area contributed by atoms with Gasteiger partial charge < -0.3 is 10.6 Å². The molecule has 2 fully saturated rings. The molecule has 3 rings (SSSR count). The predicted molar refractivity (Wildman–Crippen MR) is 79.8 cm³/mol. The number of hydrogen-bond donors (Lipinski definition) is 2. The van der Waals surface area contributed by atoms with Crippen LogP contribution in [0.2, 0.25) is 5.02 Å². The molecule has 2 saturated carbocycles. The minimum Gasteiger partial charge on any atom is -0.353 e. The van der Waals surface area contributed by atoms with Gasteiger partial charge in [0, 0.05) is 35.6 Å². The van der Waals surface area contributed by atoms with Gasteiger partial charge in [0.25, 0.3) is 0 Å². The summed E-state index contributed by atoms with van der Waals surface area (Å²) in [7, 11) is 1.76. The van der Waals surface area contributed by atoms with E-state index < -0.39 is 0 Å². The Kier molecular flexibility index (Phi) is 3.59. The third-order valence-corrected chi connectivity index (χ3v) is 4.47. The van der Waals surface area contributed by atoms with Gasteiger partial charge >= 0.3 is 0 Å². The second kappa shape index (κ2) is 5.24. The second-order valence-electron chi connectivity index (χ2n) is 5.76. The fourth-order valence-electron chi connectivity index (χ4n) is 2.58. The quantitative estimate of drug-likeness (QED) is 0.664. The molecule has 0 spiro atoms. The van der Waals surface area contributed by atoms with Crippen LogP contribution in [0.4, 0.5) is 4.39 Å². The van der Waals surface area contributed by atoms with E-state index in [-0.39, 0.29) is 17.8 Å². The highest BCUT2D eigenvalue weighted by atomic mass is 35.5. The number of nitrogens with zero attached hydrogens (tertiary/aromatic N) is 1. The van der Waals surface area contributed by atoms with E-state index in [1.54, 1.807) is 19.2 Å². The van der Waals surface area contributed by atoms with Crippen molar-refractivity contribution in [2.24, 2.45) is 10.9 Å². The second-order valence-corrected chi connectivity index (χ2v) is 6.17. The molecular weight excluding hydrogens is 277 g/mol. The average molecular weight is 296 g/mol. The largest absolute Gasteiger partial charge is 0.353 e. The summed E-state index contributed by atoms with van der Waals surface area (Å²) in [4.78, 5) is 4.22. The maximum Gasteiger partial charge on any atom is 0.191 e. The molecule has 0 aromatic heterocycles. The molecule has 0 saturated heterocycles. The molecule has 0 aliphatic heterocycles. The predicted octanol–water partition coefficient (Wildman–Crippen LogP) is 2.91. The van der Waals surface area contributed by atoms with Crippen molar-refractivity contribution >= 4 is 17.6 Å². The zero-order valence-electron chi connectivity index (χ0n) is 11.7. The van der Waals surface area contributed by atoms with E-state index in [0.717, 1.165) is 12.4 Å². The van der Waals surface area contributed by atoms with Gasteiger partial charge in [-0.2, -0.15) is 0 Å². The molecule has 108 valence electrons. The Morgan fingerprint density at radius 2 is 2.00 bits per heavy atom. The molecule has 20 heavy (non-hydrogen) atoms. The van der Waals surface area contributed by atoms with Crippen LogP contribution in [0.1, 0.15) is 31.2 Å². The Morgan fingerprint density at radius 3 is 2.60 bits per heavy atom. The number of benzene rings is 1. The molecule has 2 aliphatic rings. The average Bonchev–Trinajstić information content (AvgIpc) is 3.29. The van der Waals surface area contributed by atoms with E-state index in [2.05, 4.69) is 22.5 Å². The van der Waals surface area contributed by atoms with E-state index in [1.165, 1.54) is 12.5 Å². The van der Waals surface area contributed by atoms with Crippen LogP contribution in [0.5, 0.6) is 0 Å². The van der Waals surface area contributed by atoms with Gasteiger partial charge in [-0.25, -0.2) is 4.39 Å². The molecule has 0 radical (unpaired) electrons. The molecule has 2 aliphatic carbocycles. The van der Waals surface area contributed by atoms with Crippen molar-refractivity contribution in [2.75, 3.05) is 7.05 Å². The van der Waals surface area contributed by atoms with Gasteiger partial charge in [-0.3, -0.25) is 4.99 Å². The van der Waals surface area contributed by atoms with Crippen molar-refractivity contribution in [1.82, 2.24) is 10.6 Å². The summed E-state index contributed by atoms with van der Waals surface area (Å²) >= 11 is 6.10. The van der Waals surface area contributed by atoms with Gasteiger partial charge in [-0.05, 0) is 30.9 Å². The summed E-state index contributed by atoms with van der Waals surface area (Å²) in [6.45, 7) is 2.21. The molecule has 0 amide bonds. The summed E-state index contributed by atoms with van der Waals surface area (Å²) in [6.07, 6.45) is 2.08. The van der Waals surface area contributed by atoms with Crippen LogP contribution in [0.15, 0.2) is 23.2 Å². The molecule has 1 aromatic rings. The zero-order chi connectivity index (χ0) is 14.3. The standard InChI is InChI=1S/C15H19ClFN3/c1-8-6-12(8)19-15(18-2)20-13-7-9(13)14-10(16)4-3-5-11(14)17/h3-5,8-9,12-13H,6-7H2,1-2H3,(H2,18,19,20). The Balaban J connectivity index is 1.61. The molecule has 4 atom stereocenters. The first-order valence-corrected chi connectivity index (χ1v) is 7.41. The lowest BCUT2D eigenvalue weighted by atomic mass is 10.1. The van der Waals surface area contributed by atoms with Crippen LogP contribution in [0, 0.1) is 11.7 Å². The van der Waals surface area contributed by atoms with Gasteiger partial charge in [0.1, 0.15) is 5.82 Å². The van der Waals surface area contributed by atoms with Crippen molar-refractivity contribution in [3.05, 3.63) is 34.6 Å². The highest BCUT2D eigenvalue weighted by Crippen LogP contribution is 2.44. The van der Waals surface area contributed by atoms with Gasteiger partial charge in [-0.15, -0.1) is 0 Å². The topological polar surface area (TPSA) is 36.4 Å². The highest BCUT2D eigenvalue weighted by molar-refractivity contribution is 6.31. The molecule has 4 unspecified atom stereocenters. The zero-order valence-corrected chi connectivity index (χ0v) is 12.4. The van der Waals surface area contributed by atoms with Crippen molar-refractivity contribution in [1.29, 1.82) is 0 Å². The first-order valence-electron chi connectivity index (χ1n) is 7.04. The molecule has 0 heterocycles. The van der Waals surface area contributed by atoms with E-state index in [1.807, 2.05) is 0 Å². The smallest absolute Gasteiger partial charge is 0.191 e. The van der Waals surface area contributed by atoms with E-state index >= 15 is 0 Å². The lowest BCUT2D eigenvalue weighted by Crippen LogP contribution is -2.40. The van der Waals surface area contributed by atoms with Crippen LogP contribution in [-0.4, -0.2) is 25.1 Å². The van der Waals surface area contributed by atoms with Gasteiger partial charge in [0.2, 0.25) is 0 Å². The van der Waals surface area contributed by atoms with Crippen LogP contribution >= 0.6 is 11.6 Å². The van der Waals surface area contributed by atoms with E-state index in [9.17, 15) is 4.39 Å². The minimum absolute atomic E-state index is 0.138. The molecular formula is C15H19ClFN3. The normalized spacial score (nSPS) is 31.9. The first kappa shape index (κ1) is 13.7. The lowest BCUT2D eigenvalue weighted by molar-refractivity contribution is 0.607. The van der Waals surface area contributed by atoms with Crippen LogP contribution < -0.4 is 10.6 Å². The molecule has 1 aromatic carbocycles. The Hall–Kier alpha value is -1.29. The van der Waals surface area contributed by atoms with Crippen molar-refractivity contribution in [3.63, 3.8) is 0 Å². The number of hydrogen-bond acceptors (Lipinski definition) is 1. The van der Waals surface area contributed by atoms with Gasteiger partial charge in [0.05, 0.1) is 0 Å². The van der Waals surface area contributed by atoms with Crippen molar-refractivity contribution in [3.8, 4) is 0 Å². The maximum atomic E-state index is 13.8. The summed E-state index contributed by atoms with van der Waals surface area (Å²) < 4.78 is 13.8. The summed E-state index contributed by atoms with van der Waals surface area (Å²) in [5.41, 5.74) is 0.627. The number of rotatable bonds is 3. The molecule has 5 heteroatoms. The van der Waals surface area contributed by atoms with E-state index in [0.29, 0.717) is 22.5 Å². The van der Waals surface area contributed by atoms with Crippen LogP contribution in [-0.2, 0) is 0 Å². The van der Waals surface area contributed by atoms with E-state index in [4.69, 9.17) is 11.6 Å². The summed E-state index contributed by atoms with van der Waals surface area (Å²) in [6, 6.07) is 5.59.